The smallest absolute Gasteiger partial charge is 0.222 e. The number of hydrogen-bond donors (Lipinski definition) is 0. The zero-order valence-corrected chi connectivity index (χ0v) is 15.7. The number of carbonyl (C=O) groups is 1. The van der Waals surface area contributed by atoms with Gasteiger partial charge in [-0.1, -0.05) is 23.7 Å². The second-order valence-corrected chi connectivity index (χ2v) is 8.67. The second-order valence-electron chi connectivity index (χ2n) is 8.26. The van der Waals surface area contributed by atoms with E-state index < -0.39 is 0 Å². The van der Waals surface area contributed by atoms with Gasteiger partial charge in [0.1, 0.15) is 5.82 Å². The fourth-order valence-corrected chi connectivity index (χ4v) is 5.00. The lowest BCUT2D eigenvalue weighted by Gasteiger charge is -2.48. The van der Waals surface area contributed by atoms with Gasteiger partial charge in [-0.05, 0) is 50.3 Å². The van der Waals surface area contributed by atoms with Crippen molar-refractivity contribution in [2.75, 3.05) is 24.5 Å². The molecule has 1 aromatic heterocycles. The molecule has 2 aromatic rings. The molecule has 0 radical (unpaired) electrons. The van der Waals surface area contributed by atoms with E-state index in [1.807, 2.05) is 12.1 Å². The Bertz CT molecular complexity index is 865. The summed E-state index contributed by atoms with van der Waals surface area (Å²) in [5.41, 5.74) is 1.11. The van der Waals surface area contributed by atoms with Crippen LogP contribution in [0.2, 0.25) is 5.02 Å². The van der Waals surface area contributed by atoms with Crippen LogP contribution in [0, 0.1) is 5.41 Å². The Balaban J connectivity index is 1.42. The number of amides is 1. The predicted octanol–water partition coefficient (Wildman–Crippen LogP) is 4.26. The van der Waals surface area contributed by atoms with Gasteiger partial charge in [0.15, 0.2) is 0 Å². The first kappa shape index (κ1) is 16.4. The van der Waals surface area contributed by atoms with Gasteiger partial charge in [-0.15, -0.1) is 0 Å². The lowest BCUT2D eigenvalue weighted by molar-refractivity contribution is -0.138. The van der Waals surface area contributed by atoms with E-state index in [9.17, 15) is 4.79 Å². The molecule has 1 atom stereocenters. The lowest BCUT2D eigenvalue weighted by Crippen LogP contribution is -2.54. The number of halogens is 1. The van der Waals surface area contributed by atoms with Crippen molar-refractivity contribution in [1.29, 1.82) is 0 Å². The zero-order valence-electron chi connectivity index (χ0n) is 15.0. The third-order valence-electron chi connectivity index (χ3n) is 6.32. The highest BCUT2D eigenvalue weighted by Crippen LogP contribution is 2.43. The summed E-state index contributed by atoms with van der Waals surface area (Å²) in [5, 5.41) is 1.79. The number of anilines is 1. The fraction of sp³-hybridized carbons (Fsp3) is 0.524. The molecule has 1 aromatic carbocycles. The minimum Gasteiger partial charge on any atom is -0.356 e. The van der Waals surface area contributed by atoms with Crippen LogP contribution in [0.5, 0.6) is 0 Å². The van der Waals surface area contributed by atoms with Gasteiger partial charge in [0, 0.05) is 42.9 Å². The highest BCUT2D eigenvalue weighted by atomic mass is 35.5. The molecule has 1 aliphatic carbocycles. The molecule has 0 N–H and O–H groups in total. The summed E-state index contributed by atoms with van der Waals surface area (Å²) in [7, 11) is 0. The standard InChI is InChI=1S/C21H24ClN3O/c22-17-4-1-3-15-5-8-18(23-20(15)17)24-12-2-10-21(13-24)11-9-19(26)25(14-21)16-6-7-16/h1,3-5,8,16H,2,6-7,9-14H2. The maximum absolute atomic E-state index is 12.3. The molecule has 4 nitrogen and oxygen atoms in total. The van der Waals surface area contributed by atoms with Crippen molar-refractivity contribution in [3.05, 3.63) is 35.4 Å². The molecule has 1 amide bonds. The molecular weight excluding hydrogens is 346 g/mol. The number of fused-ring (bicyclic) bond motifs is 1. The summed E-state index contributed by atoms with van der Waals surface area (Å²) in [4.78, 5) is 21.8. The van der Waals surface area contributed by atoms with Crippen LogP contribution in [-0.4, -0.2) is 41.5 Å². The normalized spacial score (nSPS) is 26.7. The number of hydrogen-bond acceptors (Lipinski definition) is 3. The van der Waals surface area contributed by atoms with E-state index in [4.69, 9.17) is 16.6 Å². The summed E-state index contributed by atoms with van der Waals surface area (Å²) in [5.74, 6) is 1.38. The third-order valence-corrected chi connectivity index (χ3v) is 6.63. The monoisotopic (exact) mass is 369 g/mol. The molecule has 26 heavy (non-hydrogen) atoms. The number of piperidine rings is 2. The van der Waals surface area contributed by atoms with E-state index in [1.54, 1.807) is 0 Å². The molecule has 3 heterocycles. The largest absolute Gasteiger partial charge is 0.356 e. The Labute approximate surface area is 159 Å². The van der Waals surface area contributed by atoms with Crippen LogP contribution in [0.3, 0.4) is 0 Å². The summed E-state index contributed by atoms with van der Waals surface area (Å²) in [6, 6.07) is 10.7. The van der Waals surface area contributed by atoms with Crippen molar-refractivity contribution in [3.63, 3.8) is 0 Å². The molecule has 3 aliphatic rings. The van der Waals surface area contributed by atoms with E-state index in [-0.39, 0.29) is 5.41 Å². The van der Waals surface area contributed by atoms with E-state index in [0.717, 1.165) is 49.2 Å². The molecule has 2 saturated heterocycles. The van der Waals surface area contributed by atoms with Crippen molar-refractivity contribution in [3.8, 4) is 0 Å². The molecule has 1 spiro atoms. The van der Waals surface area contributed by atoms with Gasteiger partial charge in [-0.2, -0.15) is 0 Å². The number of rotatable bonds is 2. The minimum atomic E-state index is 0.228. The van der Waals surface area contributed by atoms with Gasteiger partial charge in [0.2, 0.25) is 5.91 Å². The predicted molar refractivity (Wildman–Crippen MR) is 105 cm³/mol. The van der Waals surface area contributed by atoms with Gasteiger partial charge >= 0.3 is 0 Å². The highest BCUT2D eigenvalue weighted by molar-refractivity contribution is 6.35. The molecule has 1 unspecified atom stereocenters. The average molecular weight is 370 g/mol. The van der Waals surface area contributed by atoms with Gasteiger partial charge in [0.05, 0.1) is 10.5 Å². The molecule has 1 saturated carbocycles. The molecule has 136 valence electrons. The van der Waals surface area contributed by atoms with Gasteiger partial charge in [-0.3, -0.25) is 4.79 Å². The van der Waals surface area contributed by atoms with Crippen molar-refractivity contribution < 1.29 is 4.79 Å². The number of likely N-dealkylation sites (tertiary alicyclic amines) is 1. The van der Waals surface area contributed by atoms with Crippen LogP contribution in [0.15, 0.2) is 30.3 Å². The second kappa shape index (κ2) is 6.12. The van der Waals surface area contributed by atoms with Crippen LogP contribution in [0.1, 0.15) is 38.5 Å². The number of para-hydroxylation sites is 1. The van der Waals surface area contributed by atoms with E-state index in [2.05, 4.69) is 28.0 Å². The van der Waals surface area contributed by atoms with Crippen LogP contribution in [0.25, 0.3) is 10.9 Å². The van der Waals surface area contributed by atoms with Crippen molar-refractivity contribution in [2.24, 2.45) is 5.41 Å². The first-order chi connectivity index (χ1) is 12.6. The fourth-order valence-electron chi connectivity index (χ4n) is 4.78. The Hall–Kier alpha value is -1.81. The summed E-state index contributed by atoms with van der Waals surface area (Å²) in [6.45, 7) is 2.95. The van der Waals surface area contributed by atoms with Gasteiger partial charge < -0.3 is 9.80 Å². The van der Waals surface area contributed by atoms with Gasteiger partial charge in [0.25, 0.3) is 0 Å². The van der Waals surface area contributed by atoms with Gasteiger partial charge in [-0.25, -0.2) is 4.98 Å². The average Bonchev–Trinajstić information content (AvgIpc) is 3.49. The van der Waals surface area contributed by atoms with Crippen LogP contribution in [0.4, 0.5) is 5.82 Å². The molecular formula is C21H24ClN3O. The lowest BCUT2D eigenvalue weighted by atomic mass is 9.73. The Morgan fingerprint density at radius 3 is 2.85 bits per heavy atom. The Morgan fingerprint density at radius 2 is 2.00 bits per heavy atom. The first-order valence-electron chi connectivity index (χ1n) is 9.73. The first-order valence-corrected chi connectivity index (χ1v) is 10.1. The number of carbonyl (C=O) groups excluding carboxylic acids is 1. The molecule has 0 bridgehead atoms. The number of aromatic nitrogens is 1. The van der Waals surface area contributed by atoms with Crippen molar-refractivity contribution in [1.82, 2.24) is 9.88 Å². The Kier molecular flexibility index (Phi) is 3.85. The van der Waals surface area contributed by atoms with Crippen LogP contribution in [-0.2, 0) is 4.79 Å². The van der Waals surface area contributed by atoms with Crippen molar-refractivity contribution >= 4 is 34.2 Å². The molecule has 2 aliphatic heterocycles. The molecule has 5 rings (SSSR count). The van der Waals surface area contributed by atoms with E-state index in [0.29, 0.717) is 23.4 Å². The van der Waals surface area contributed by atoms with E-state index in [1.165, 1.54) is 19.3 Å². The molecule has 3 fully saturated rings. The van der Waals surface area contributed by atoms with Crippen LogP contribution < -0.4 is 4.90 Å². The number of nitrogens with zero attached hydrogens (tertiary/aromatic N) is 3. The van der Waals surface area contributed by atoms with E-state index >= 15 is 0 Å². The Morgan fingerprint density at radius 1 is 1.12 bits per heavy atom. The summed E-state index contributed by atoms with van der Waals surface area (Å²) < 4.78 is 0. The molecule has 5 heteroatoms. The highest BCUT2D eigenvalue weighted by Gasteiger charge is 2.45. The topological polar surface area (TPSA) is 36.4 Å². The maximum atomic E-state index is 12.3. The quantitative estimate of drug-likeness (QED) is 0.793. The zero-order chi connectivity index (χ0) is 17.7. The maximum Gasteiger partial charge on any atom is 0.222 e. The van der Waals surface area contributed by atoms with Crippen molar-refractivity contribution in [2.45, 2.75) is 44.6 Å². The minimum absolute atomic E-state index is 0.228. The SMILES string of the molecule is O=C1CCC2(CCCN(c3ccc4cccc(Cl)c4n3)C2)CN1C1CC1. The third kappa shape index (κ3) is 2.84. The number of benzene rings is 1. The summed E-state index contributed by atoms with van der Waals surface area (Å²) in [6.07, 6.45) is 6.48. The van der Waals surface area contributed by atoms with Crippen LogP contribution >= 0.6 is 11.6 Å². The summed E-state index contributed by atoms with van der Waals surface area (Å²) >= 11 is 6.36. The number of pyridine rings is 1.